The maximum absolute atomic E-state index is 12.2. The molecule has 0 radical (unpaired) electrons. The molecule has 1 heterocycles. The van der Waals surface area contributed by atoms with Crippen molar-refractivity contribution in [3.63, 3.8) is 0 Å². The summed E-state index contributed by atoms with van der Waals surface area (Å²) in [6.45, 7) is 6.10. The highest BCUT2D eigenvalue weighted by atomic mass is 35.5. The molecule has 1 rings (SSSR count). The summed E-state index contributed by atoms with van der Waals surface area (Å²) in [6.07, 6.45) is 1.67. The van der Waals surface area contributed by atoms with Gasteiger partial charge in [0.05, 0.1) is 0 Å². The van der Waals surface area contributed by atoms with Crippen LogP contribution < -0.4 is 0 Å². The standard InChI is InChI=1S/C11H23ClN2O2S/c1-10(2)11-5-8-14(9-11)17(15,16)13(3)7-4-6-12/h10-11H,4-9H2,1-3H3. The summed E-state index contributed by atoms with van der Waals surface area (Å²) >= 11 is 5.58. The van der Waals surface area contributed by atoms with Gasteiger partial charge in [0.1, 0.15) is 0 Å². The van der Waals surface area contributed by atoms with E-state index >= 15 is 0 Å². The van der Waals surface area contributed by atoms with Crippen LogP contribution in [0.2, 0.25) is 0 Å². The Kier molecular flexibility index (Phi) is 5.70. The first kappa shape index (κ1) is 15.2. The maximum atomic E-state index is 12.2. The predicted octanol–water partition coefficient (Wildman–Crippen LogP) is 1.77. The first-order chi connectivity index (χ1) is 7.89. The molecule has 0 amide bonds. The van der Waals surface area contributed by atoms with E-state index < -0.39 is 10.2 Å². The fourth-order valence-corrected chi connectivity index (χ4v) is 3.69. The molecular formula is C11H23ClN2O2S. The second-order valence-corrected chi connectivity index (χ2v) is 7.44. The van der Waals surface area contributed by atoms with Gasteiger partial charge in [-0.25, -0.2) is 0 Å². The summed E-state index contributed by atoms with van der Waals surface area (Å²) in [5.74, 6) is 1.53. The average molecular weight is 283 g/mol. The van der Waals surface area contributed by atoms with Crippen LogP contribution in [-0.2, 0) is 10.2 Å². The van der Waals surface area contributed by atoms with E-state index in [2.05, 4.69) is 13.8 Å². The molecule has 0 aliphatic carbocycles. The zero-order chi connectivity index (χ0) is 13.1. The third-order valence-corrected chi connectivity index (χ3v) is 5.68. The molecule has 0 saturated carbocycles. The molecule has 0 bridgehead atoms. The van der Waals surface area contributed by atoms with Crippen LogP contribution in [0.1, 0.15) is 26.7 Å². The van der Waals surface area contributed by atoms with Crippen molar-refractivity contribution in [1.29, 1.82) is 0 Å². The lowest BCUT2D eigenvalue weighted by molar-refractivity contribution is 0.363. The number of nitrogens with zero attached hydrogens (tertiary/aromatic N) is 2. The molecule has 1 aliphatic heterocycles. The molecule has 1 atom stereocenters. The number of hydrogen-bond donors (Lipinski definition) is 0. The van der Waals surface area contributed by atoms with Crippen LogP contribution in [0.15, 0.2) is 0 Å². The molecule has 1 saturated heterocycles. The van der Waals surface area contributed by atoms with Crippen LogP contribution in [0.4, 0.5) is 0 Å². The van der Waals surface area contributed by atoms with Gasteiger partial charge in [-0.3, -0.25) is 0 Å². The van der Waals surface area contributed by atoms with Gasteiger partial charge in [-0.15, -0.1) is 11.6 Å². The van der Waals surface area contributed by atoms with Gasteiger partial charge in [-0.05, 0) is 24.7 Å². The summed E-state index contributed by atoms with van der Waals surface area (Å²) < 4.78 is 27.4. The van der Waals surface area contributed by atoms with Gasteiger partial charge >= 0.3 is 0 Å². The lowest BCUT2D eigenvalue weighted by atomic mass is 9.96. The van der Waals surface area contributed by atoms with E-state index in [4.69, 9.17) is 11.6 Å². The van der Waals surface area contributed by atoms with E-state index in [9.17, 15) is 8.42 Å². The SMILES string of the molecule is CC(C)C1CCN(S(=O)(=O)N(C)CCCCl)C1. The van der Waals surface area contributed by atoms with Crippen molar-refractivity contribution < 1.29 is 8.42 Å². The summed E-state index contributed by atoms with van der Waals surface area (Å²) in [7, 11) is -1.64. The van der Waals surface area contributed by atoms with E-state index in [1.165, 1.54) is 4.31 Å². The van der Waals surface area contributed by atoms with Gasteiger partial charge in [0.15, 0.2) is 0 Å². The van der Waals surface area contributed by atoms with Crippen LogP contribution in [0.5, 0.6) is 0 Å². The van der Waals surface area contributed by atoms with Crippen molar-refractivity contribution >= 4 is 21.8 Å². The Labute approximate surface area is 110 Å². The Morgan fingerprint density at radius 1 is 1.47 bits per heavy atom. The van der Waals surface area contributed by atoms with Crippen molar-refractivity contribution in [2.45, 2.75) is 26.7 Å². The van der Waals surface area contributed by atoms with Gasteiger partial charge < -0.3 is 0 Å². The Morgan fingerprint density at radius 2 is 2.12 bits per heavy atom. The van der Waals surface area contributed by atoms with Crippen molar-refractivity contribution in [3.05, 3.63) is 0 Å². The van der Waals surface area contributed by atoms with Crippen molar-refractivity contribution in [2.75, 3.05) is 32.6 Å². The van der Waals surface area contributed by atoms with E-state index in [0.29, 0.717) is 43.8 Å². The lowest BCUT2D eigenvalue weighted by Crippen LogP contribution is -2.41. The summed E-state index contributed by atoms with van der Waals surface area (Å²) in [6, 6.07) is 0. The minimum atomic E-state index is -3.27. The van der Waals surface area contributed by atoms with E-state index in [0.717, 1.165) is 6.42 Å². The Balaban J connectivity index is 2.60. The molecule has 0 aromatic rings. The molecule has 1 unspecified atom stereocenters. The third kappa shape index (κ3) is 3.81. The number of halogens is 1. The molecule has 4 nitrogen and oxygen atoms in total. The Bertz CT molecular complexity index is 332. The smallest absolute Gasteiger partial charge is 0.195 e. The van der Waals surface area contributed by atoms with E-state index in [-0.39, 0.29) is 0 Å². The summed E-state index contributed by atoms with van der Waals surface area (Å²) in [4.78, 5) is 0. The number of hydrogen-bond acceptors (Lipinski definition) is 2. The quantitative estimate of drug-likeness (QED) is 0.697. The molecule has 1 fully saturated rings. The highest BCUT2D eigenvalue weighted by molar-refractivity contribution is 7.86. The molecular weight excluding hydrogens is 260 g/mol. The van der Waals surface area contributed by atoms with Crippen molar-refractivity contribution in [2.24, 2.45) is 11.8 Å². The van der Waals surface area contributed by atoms with E-state index in [1.807, 2.05) is 0 Å². The van der Waals surface area contributed by atoms with E-state index in [1.54, 1.807) is 11.4 Å². The van der Waals surface area contributed by atoms with Gasteiger partial charge in [0.2, 0.25) is 0 Å². The molecule has 0 N–H and O–H groups in total. The molecule has 6 heteroatoms. The lowest BCUT2D eigenvalue weighted by Gasteiger charge is -2.24. The molecule has 0 aromatic heterocycles. The van der Waals surface area contributed by atoms with Crippen LogP contribution >= 0.6 is 11.6 Å². The zero-order valence-electron chi connectivity index (χ0n) is 10.9. The normalized spacial score (nSPS) is 22.8. The average Bonchev–Trinajstić information content (AvgIpc) is 2.75. The Hall–Kier alpha value is 0.160. The molecule has 0 aromatic carbocycles. The maximum Gasteiger partial charge on any atom is 0.281 e. The third-order valence-electron chi connectivity index (χ3n) is 3.46. The number of rotatable bonds is 6. The summed E-state index contributed by atoms with van der Waals surface area (Å²) in [5, 5.41) is 0. The van der Waals surface area contributed by atoms with Gasteiger partial charge in [0, 0.05) is 32.6 Å². The van der Waals surface area contributed by atoms with Crippen molar-refractivity contribution in [1.82, 2.24) is 8.61 Å². The van der Waals surface area contributed by atoms with Gasteiger partial charge in [0.25, 0.3) is 10.2 Å². The largest absolute Gasteiger partial charge is 0.281 e. The van der Waals surface area contributed by atoms with Gasteiger partial charge in [-0.1, -0.05) is 13.8 Å². The van der Waals surface area contributed by atoms with Gasteiger partial charge in [-0.2, -0.15) is 17.0 Å². The highest BCUT2D eigenvalue weighted by Crippen LogP contribution is 2.26. The predicted molar refractivity (Wildman–Crippen MR) is 71.4 cm³/mol. The van der Waals surface area contributed by atoms with Crippen LogP contribution in [0.3, 0.4) is 0 Å². The zero-order valence-corrected chi connectivity index (χ0v) is 12.5. The van der Waals surface area contributed by atoms with Crippen LogP contribution in [0.25, 0.3) is 0 Å². The molecule has 102 valence electrons. The van der Waals surface area contributed by atoms with Crippen LogP contribution in [0, 0.1) is 11.8 Å². The monoisotopic (exact) mass is 282 g/mol. The molecule has 1 aliphatic rings. The van der Waals surface area contributed by atoms with Crippen LogP contribution in [-0.4, -0.2) is 49.6 Å². The minimum Gasteiger partial charge on any atom is -0.195 e. The second kappa shape index (κ2) is 6.36. The van der Waals surface area contributed by atoms with Crippen molar-refractivity contribution in [3.8, 4) is 0 Å². The highest BCUT2D eigenvalue weighted by Gasteiger charge is 2.34. The Morgan fingerprint density at radius 3 is 2.59 bits per heavy atom. The first-order valence-corrected chi connectivity index (χ1v) is 8.10. The fourth-order valence-electron chi connectivity index (χ4n) is 2.10. The summed E-state index contributed by atoms with van der Waals surface area (Å²) in [5.41, 5.74) is 0. The number of alkyl halides is 1. The second-order valence-electron chi connectivity index (χ2n) is 5.02. The molecule has 0 spiro atoms. The first-order valence-electron chi connectivity index (χ1n) is 6.17. The fraction of sp³-hybridized carbons (Fsp3) is 1.00. The topological polar surface area (TPSA) is 40.6 Å². The molecule has 17 heavy (non-hydrogen) atoms. The minimum absolute atomic E-state index is 0.492.